The van der Waals surface area contributed by atoms with E-state index in [2.05, 4.69) is 4.98 Å². The molecular weight excluding hydrogens is 194 g/mol. The van der Waals surface area contributed by atoms with Crippen molar-refractivity contribution in [3.8, 4) is 5.75 Å². The first-order valence-corrected chi connectivity index (χ1v) is 4.69. The highest BCUT2D eigenvalue weighted by Gasteiger charge is 2.12. The van der Waals surface area contributed by atoms with Crippen molar-refractivity contribution in [1.29, 1.82) is 0 Å². The number of carbonyl (C=O) groups is 1. The van der Waals surface area contributed by atoms with E-state index in [0.717, 1.165) is 5.52 Å². The number of phenols is 1. The van der Waals surface area contributed by atoms with Crippen LogP contribution in [0, 0.1) is 0 Å². The van der Waals surface area contributed by atoms with E-state index in [1.54, 1.807) is 25.3 Å². The number of nitrogens with one attached hydrogen (secondary N) is 1. The van der Waals surface area contributed by atoms with Crippen LogP contribution in [0.25, 0.3) is 10.9 Å². The largest absolute Gasteiger partial charge is 0.508 e. The van der Waals surface area contributed by atoms with Crippen LogP contribution in [-0.2, 0) is 4.74 Å². The fraction of sp³-hybridized carbons (Fsp3) is 0.182. The number of aromatic nitrogens is 1. The summed E-state index contributed by atoms with van der Waals surface area (Å²) < 4.78 is 4.89. The Kier molecular flexibility index (Phi) is 2.33. The van der Waals surface area contributed by atoms with Crippen LogP contribution < -0.4 is 0 Å². The summed E-state index contributed by atoms with van der Waals surface area (Å²) in [5.41, 5.74) is 1.25. The van der Waals surface area contributed by atoms with Gasteiger partial charge in [-0.3, -0.25) is 0 Å². The van der Waals surface area contributed by atoms with Crippen molar-refractivity contribution < 1.29 is 14.6 Å². The third kappa shape index (κ3) is 1.66. The van der Waals surface area contributed by atoms with Crippen LogP contribution in [0.15, 0.2) is 24.4 Å². The number of aromatic amines is 1. The lowest BCUT2D eigenvalue weighted by Gasteiger charge is -1.99. The maximum Gasteiger partial charge on any atom is 0.340 e. The third-order valence-electron chi connectivity index (χ3n) is 2.16. The van der Waals surface area contributed by atoms with E-state index in [9.17, 15) is 9.90 Å². The molecule has 1 aromatic carbocycles. The van der Waals surface area contributed by atoms with Gasteiger partial charge in [-0.2, -0.15) is 0 Å². The minimum Gasteiger partial charge on any atom is -0.508 e. The maximum atomic E-state index is 11.5. The smallest absolute Gasteiger partial charge is 0.340 e. The summed E-state index contributed by atoms with van der Waals surface area (Å²) in [4.78, 5) is 14.4. The van der Waals surface area contributed by atoms with Crippen molar-refractivity contribution in [3.05, 3.63) is 30.0 Å². The average molecular weight is 205 g/mol. The molecule has 0 unspecified atom stereocenters. The number of aromatic hydroxyl groups is 1. The number of hydrogen-bond acceptors (Lipinski definition) is 3. The van der Waals surface area contributed by atoms with Crippen LogP contribution in [0.4, 0.5) is 0 Å². The highest BCUT2D eigenvalue weighted by Crippen LogP contribution is 2.23. The second kappa shape index (κ2) is 3.65. The molecule has 0 saturated heterocycles. The third-order valence-corrected chi connectivity index (χ3v) is 2.16. The molecule has 2 aromatic rings. The number of rotatable bonds is 2. The summed E-state index contributed by atoms with van der Waals surface area (Å²) in [6, 6.07) is 4.82. The van der Waals surface area contributed by atoms with Crippen molar-refractivity contribution in [2.75, 3.05) is 6.61 Å². The van der Waals surface area contributed by atoms with Gasteiger partial charge in [0, 0.05) is 17.1 Å². The number of carbonyl (C=O) groups excluding carboxylic acids is 1. The first kappa shape index (κ1) is 9.58. The van der Waals surface area contributed by atoms with Gasteiger partial charge < -0.3 is 14.8 Å². The Morgan fingerprint density at radius 1 is 1.53 bits per heavy atom. The van der Waals surface area contributed by atoms with E-state index in [1.807, 2.05) is 0 Å². The van der Waals surface area contributed by atoms with Gasteiger partial charge in [0.2, 0.25) is 0 Å². The first-order valence-electron chi connectivity index (χ1n) is 4.69. The highest BCUT2D eigenvalue weighted by molar-refractivity contribution is 6.04. The molecule has 4 nitrogen and oxygen atoms in total. The van der Waals surface area contributed by atoms with Gasteiger partial charge in [0.05, 0.1) is 12.2 Å². The summed E-state index contributed by atoms with van der Waals surface area (Å²) in [7, 11) is 0. The zero-order chi connectivity index (χ0) is 10.8. The van der Waals surface area contributed by atoms with Crippen LogP contribution in [0.5, 0.6) is 5.75 Å². The molecular formula is C11H11NO3. The number of esters is 1. The average Bonchev–Trinajstić information content (AvgIpc) is 2.60. The van der Waals surface area contributed by atoms with Gasteiger partial charge in [-0.05, 0) is 25.1 Å². The molecule has 0 spiro atoms. The first-order chi connectivity index (χ1) is 7.22. The number of hydrogen-bond donors (Lipinski definition) is 2. The zero-order valence-corrected chi connectivity index (χ0v) is 8.28. The summed E-state index contributed by atoms with van der Waals surface area (Å²) in [5, 5.41) is 9.99. The van der Waals surface area contributed by atoms with Gasteiger partial charge in [-0.15, -0.1) is 0 Å². The Bertz CT molecular complexity index is 502. The Morgan fingerprint density at radius 3 is 3.07 bits per heavy atom. The molecule has 15 heavy (non-hydrogen) atoms. The van der Waals surface area contributed by atoms with Gasteiger partial charge >= 0.3 is 5.97 Å². The van der Waals surface area contributed by atoms with Gasteiger partial charge in [0.15, 0.2) is 0 Å². The SMILES string of the molecule is CCOC(=O)c1c[nH]c2ccc(O)cc12. The molecule has 1 heterocycles. The Balaban J connectivity index is 2.52. The van der Waals surface area contributed by atoms with E-state index in [4.69, 9.17) is 4.74 Å². The second-order valence-corrected chi connectivity index (χ2v) is 3.15. The normalized spacial score (nSPS) is 10.5. The van der Waals surface area contributed by atoms with Crippen LogP contribution in [0.2, 0.25) is 0 Å². The molecule has 2 N–H and O–H groups in total. The molecule has 4 heteroatoms. The molecule has 0 aliphatic heterocycles. The summed E-state index contributed by atoms with van der Waals surface area (Å²) in [6.45, 7) is 2.09. The molecule has 0 saturated carbocycles. The van der Waals surface area contributed by atoms with E-state index < -0.39 is 0 Å². The van der Waals surface area contributed by atoms with Crippen molar-refractivity contribution in [2.24, 2.45) is 0 Å². The van der Waals surface area contributed by atoms with Crippen molar-refractivity contribution in [2.45, 2.75) is 6.92 Å². The zero-order valence-electron chi connectivity index (χ0n) is 8.28. The standard InChI is InChI=1S/C11H11NO3/c1-2-15-11(14)9-6-12-10-4-3-7(13)5-8(9)10/h3-6,12-13H,2H2,1H3. The van der Waals surface area contributed by atoms with Crippen LogP contribution in [0.1, 0.15) is 17.3 Å². The molecule has 2 rings (SSSR count). The monoisotopic (exact) mass is 205 g/mol. The number of fused-ring (bicyclic) bond motifs is 1. The molecule has 78 valence electrons. The molecule has 0 radical (unpaired) electrons. The lowest BCUT2D eigenvalue weighted by atomic mass is 10.2. The lowest BCUT2D eigenvalue weighted by Crippen LogP contribution is -2.03. The number of benzene rings is 1. The quantitative estimate of drug-likeness (QED) is 0.737. The van der Waals surface area contributed by atoms with Crippen LogP contribution in [-0.4, -0.2) is 22.7 Å². The molecule has 0 fully saturated rings. The predicted octanol–water partition coefficient (Wildman–Crippen LogP) is 2.05. The highest BCUT2D eigenvalue weighted by atomic mass is 16.5. The van der Waals surface area contributed by atoms with Gasteiger partial charge in [-0.1, -0.05) is 0 Å². The Hall–Kier alpha value is -1.97. The summed E-state index contributed by atoms with van der Waals surface area (Å²) >= 11 is 0. The molecule has 0 aliphatic rings. The molecule has 0 aliphatic carbocycles. The Morgan fingerprint density at radius 2 is 2.33 bits per heavy atom. The van der Waals surface area contributed by atoms with Crippen LogP contribution in [0.3, 0.4) is 0 Å². The van der Waals surface area contributed by atoms with E-state index in [0.29, 0.717) is 17.6 Å². The van der Waals surface area contributed by atoms with Crippen molar-refractivity contribution in [1.82, 2.24) is 4.98 Å². The molecule has 0 bridgehead atoms. The van der Waals surface area contributed by atoms with Gasteiger partial charge in [0.1, 0.15) is 5.75 Å². The van der Waals surface area contributed by atoms with Crippen LogP contribution >= 0.6 is 0 Å². The second-order valence-electron chi connectivity index (χ2n) is 3.15. The fourth-order valence-corrected chi connectivity index (χ4v) is 1.49. The fourth-order valence-electron chi connectivity index (χ4n) is 1.49. The maximum absolute atomic E-state index is 11.5. The van der Waals surface area contributed by atoms with Crippen molar-refractivity contribution >= 4 is 16.9 Å². The number of H-pyrrole nitrogens is 1. The van der Waals surface area contributed by atoms with Gasteiger partial charge in [0.25, 0.3) is 0 Å². The lowest BCUT2D eigenvalue weighted by molar-refractivity contribution is 0.0529. The molecule has 0 atom stereocenters. The minimum absolute atomic E-state index is 0.132. The van der Waals surface area contributed by atoms with Gasteiger partial charge in [-0.25, -0.2) is 4.79 Å². The topological polar surface area (TPSA) is 62.3 Å². The van der Waals surface area contributed by atoms with E-state index in [1.165, 1.54) is 6.07 Å². The van der Waals surface area contributed by atoms with Crippen molar-refractivity contribution in [3.63, 3.8) is 0 Å². The number of phenolic OH excluding ortho intramolecular Hbond substituents is 1. The molecule has 1 aromatic heterocycles. The van der Waals surface area contributed by atoms with E-state index >= 15 is 0 Å². The minimum atomic E-state index is -0.380. The Labute approximate surface area is 86.5 Å². The number of ether oxygens (including phenoxy) is 1. The predicted molar refractivity (Wildman–Crippen MR) is 55.9 cm³/mol. The van der Waals surface area contributed by atoms with E-state index in [-0.39, 0.29) is 11.7 Å². The molecule has 0 amide bonds. The summed E-state index contributed by atoms with van der Waals surface area (Å²) in [5.74, 6) is -0.248. The summed E-state index contributed by atoms with van der Waals surface area (Å²) in [6.07, 6.45) is 1.59.